The van der Waals surface area contributed by atoms with E-state index in [0.717, 1.165) is 0 Å². The van der Waals surface area contributed by atoms with Crippen LogP contribution >= 0.6 is 0 Å². The van der Waals surface area contributed by atoms with E-state index in [1.54, 1.807) is 13.8 Å². The van der Waals surface area contributed by atoms with E-state index >= 15 is 0 Å². The van der Waals surface area contributed by atoms with Crippen molar-refractivity contribution in [3.8, 4) is 0 Å². The van der Waals surface area contributed by atoms with Gasteiger partial charge in [0.05, 0.1) is 5.92 Å². The summed E-state index contributed by atoms with van der Waals surface area (Å²) in [5.74, 6) is -5.23. The molecule has 0 saturated heterocycles. The molecule has 1 aliphatic rings. The van der Waals surface area contributed by atoms with Crippen molar-refractivity contribution in [3.05, 3.63) is 11.9 Å². The highest BCUT2D eigenvalue weighted by molar-refractivity contribution is 5.72. The monoisotopic (exact) mass is 240 g/mol. The molecule has 2 nitrogen and oxygen atoms in total. The van der Waals surface area contributed by atoms with Crippen molar-refractivity contribution in [2.75, 3.05) is 0 Å². The molecule has 0 bridgehead atoms. The van der Waals surface area contributed by atoms with E-state index in [0.29, 0.717) is 6.08 Å². The van der Waals surface area contributed by atoms with Crippen LogP contribution in [0.1, 0.15) is 20.3 Å². The molecular weight excluding hydrogens is 228 g/mol. The second-order valence-electron chi connectivity index (χ2n) is 4.68. The van der Waals surface area contributed by atoms with E-state index < -0.39 is 35.2 Å². The molecule has 92 valence electrons. The number of carboxylic acids is 1. The molecule has 6 heteroatoms. The molecule has 2 atom stereocenters. The molecule has 1 rings (SSSR count). The summed E-state index contributed by atoms with van der Waals surface area (Å²) in [6.07, 6.45) is -4.38. The maximum Gasteiger partial charge on any atom is 0.442 e. The Balaban J connectivity index is 2.90. The third-order valence-electron chi connectivity index (χ3n) is 3.00. The summed E-state index contributed by atoms with van der Waals surface area (Å²) in [4.78, 5) is 10.7. The van der Waals surface area contributed by atoms with Gasteiger partial charge in [0.2, 0.25) is 0 Å². The lowest BCUT2D eigenvalue weighted by Crippen LogP contribution is -2.47. The zero-order valence-corrected chi connectivity index (χ0v) is 8.81. The zero-order chi connectivity index (χ0) is 12.7. The Hall–Kier alpha value is -1.07. The lowest BCUT2D eigenvalue weighted by atomic mass is 9.55. The Morgan fingerprint density at radius 2 is 1.94 bits per heavy atom. The Bertz CT molecular complexity index is 330. The summed E-state index contributed by atoms with van der Waals surface area (Å²) in [5, 5.41) is 8.72. The van der Waals surface area contributed by atoms with Crippen LogP contribution in [-0.4, -0.2) is 17.3 Å². The standard InChI is InChI=1S/C10H12F4O2/c1-9(2)4-5(8(15)16)6(9)3-7(11)10(12,13)14/h3,5-6H,4H2,1-2H3,(H,15,16). The minimum atomic E-state index is -5.03. The van der Waals surface area contributed by atoms with Gasteiger partial charge in [-0.15, -0.1) is 0 Å². The van der Waals surface area contributed by atoms with E-state index in [2.05, 4.69) is 0 Å². The van der Waals surface area contributed by atoms with Gasteiger partial charge < -0.3 is 5.11 Å². The summed E-state index contributed by atoms with van der Waals surface area (Å²) in [7, 11) is 0. The number of carbonyl (C=O) groups is 1. The fourth-order valence-electron chi connectivity index (χ4n) is 2.05. The maximum atomic E-state index is 12.7. The molecule has 2 unspecified atom stereocenters. The fraction of sp³-hybridized carbons (Fsp3) is 0.700. The van der Waals surface area contributed by atoms with Gasteiger partial charge in [-0.25, -0.2) is 4.39 Å². The summed E-state index contributed by atoms with van der Waals surface area (Å²) < 4.78 is 48.6. The van der Waals surface area contributed by atoms with Crippen molar-refractivity contribution in [1.29, 1.82) is 0 Å². The van der Waals surface area contributed by atoms with Crippen molar-refractivity contribution >= 4 is 5.97 Å². The van der Waals surface area contributed by atoms with Crippen LogP contribution in [0.3, 0.4) is 0 Å². The number of alkyl halides is 3. The normalized spacial score (nSPS) is 29.8. The predicted molar refractivity (Wildman–Crippen MR) is 48.3 cm³/mol. The molecule has 0 amide bonds. The van der Waals surface area contributed by atoms with E-state index in [-0.39, 0.29) is 6.42 Å². The van der Waals surface area contributed by atoms with Crippen molar-refractivity contribution in [1.82, 2.24) is 0 Å². The lowest BCUT2D eigenvalue weighted by molar-refractivity contribution is -0.154. The number of rotatable bonds is 2. The first-order valence-corrected chi connectivity index (χ1v) is 4.73. The topological polar surface area (TPSA) is 37.3 Å². The fourth-order valence-corrected chi connectivity index (χ4v) is 2.05. The molecule has 0 aromatic heterocycles. The maximum absolute atomic E-state index is 12.7. The van der Waals surface area contributed by atoms with Gasteiger partial charge in [0.15, 0.2) is 5.83 Å². The van der Waals surface area contributed by atoms with Crippen LogP contribution in [-0.2, 0) is 4.79 Å². The highest BCUT2D eigenvalue weighted by Gasteiger charge is 2.51. The van der Waals surface area contributed by atoms with Gasteiger partial charge in [0, 0.05) is 0 Å². The molecule has 0 aliphatic heterocycles. The third kappa shape index (κ3) is 2.36. The van der Waals surface area contributed by atoms with Gasteiger partial charge in [-0.3, -0.25) is 4.79 Å². The molecule has 1 saturated carbocycles. The Kier molecular flexibility index (Phi) is 3.04. The van der Waals surface area contributed by atoms with Gasteiger partial charge in [0.25, 0.3) is 0 Å². The number of aliphatic carboxylic acids is 1. The minimum absolute atomic E-state index is 0.259. The number of halogens is 4. The first-order chi connectivity index (χ1) is 7.05. The number of hydrogen-bond donors (Lipinski definition) is 1. The largest absolute Gasteiger partial charge is 0.481 e. The molecule has 0 aromatic rings. The van der Waals surface area contributed by atoms with Crippen molar-refractivity contribution in [3.63, 3.8) is 0 Å². The van der Waals surface area contributed by atoms with E-state index in [1.807, 2.05) is 0 Å². The van der Waals surface area contributed by atoms with E-state index in [9.17, 15) is 22.4 Å². The van der Waals surface area contributed by atoms with Gasteiger partial charge in [-0.2, -0.15) is 13.2 Å². The number of carboxylic acid groups (broad SMARTS) is 1. The number of allylic oxidation sites excluding steroid dienone is 2. The molecule has 1 N–H and O–H groups in total. The Labute approximate surface area is 89.9 Å². The molecule has 0 spiro atoms. The zero-order valence-electron chi connectivity index (χ0n) is 8.81. The first-order valence-electron chi connectivity index (χ1n) is 4.73. The molecule has 0 heterocycles. The Morgan fingerprint density at radius 3 is 2.25 bits per heavy atom. The van der Waals surface area contributed by atoms with Gasteiger partial charge in [-0.1, -0.05) is 13.8 Å². The van der Waals surface area contributed by atoms with Crippen molar-refractivity contribution in [2.45, 2.75) is 26.4 Å². The van der Waals surface area contributed by atoms with Crippen LogP contribution in [0.2, 0.25) is 0 Å². The molecular formula is C10H12F4O2. The smallest absolute Gasteiger partial charge is 0.442 e. The molecule has 0 aromatic carbocycles. The highest BCUT2D eigenvalue weighted by atomic mass is 19.4. The van der Waals surface area contributed by atoms with Crippen LogP contribution < -0.4 is 0 Å². The van der Waals surface area contributed by atoms with Crippen LogP contribution in [0.15, 0.2) is 11.9 Å². The first kappa shape index (κ1) is 13.0. The summed E-state index contributed by atoms with van der Waals surface area (Å²) >= 11 is 0. The second kappa shape index (κ2) is 3.75. The third-order valence-corrected chi connectivity index (χ3v) is 3.00. The van der Waals surface area contributed by atoms with Gasteiger partial charge in [0.1, 0.15) is 0 Å². The summed E-state index contributed by atoms with van der Waals surface area (Å²) in [6, 6.07) is 0. The van der Waals surface area contributed by atoms with Crippen LogP contribution in [0.4, 0.5) is 17.6 Å². The molecule has 16 heavy (non-hydrogen) atoms. The SMILES string of the molecule is CC1(C)CC(C(=O)O)C1C=C(F)C(F)(F)F. The number of hydrogen-bond acceptors (Lipinski definition) is 1. The summed E-state index contributed by atoms with van der Waals surface area (Å²) in [6.45, 7) is 3.24. The van der Waals surface area contributed by atoms with Crippen LogP contribution in [0.5, 0.6) is 0 Å². The van der Waals surface area contributed by atoms with Crippen molar-refractivity contribution < 1.29 is 27.5 Å². The molecule has 0 radical (unpaired) electrons. The average Bonchev–Trinajstić information content (AvgIpc) is 2.08. The second-order valence-corrected chi connectivity index (χ2v) is 4.68. The van der Waals surface area contributed by atoms with Gasteiger partial charge in [-0.05, 0) is 23.8 Å². The lowest BCUT2D eigenvalue weighted by Gasteiger charge is -2.48. The highest BCUT2D eigenvalue weighted by Crippen LogP contribution is 2.52. The predicted octanol–water partition coefficient (Wildman–Crippen LogP) is 3.15. The molecule has 1 aliphatic carbocycles. The Morgan fingerprint density at radius 1 is 1.44 bits per heavy atom. The van der Waals surface area contributed by atoms with Crippen LogP contribution in [0.25, 0.3) is 0 Å². The minimum Gasteiger partial charge on any atom is -0.481 e. The van der Waals surface area contributed by atoms with Gasteiger partial charge >= 0.3 is 12.1 Å². The quantitative estimate of drug-likeness (QED) is 0.753. The summed E-state index contributed by atoms with van der Waals surface area (Å²) in [5.41, 5.74) is -0.606. The van der Waals surface area contributed by atoms with Crippen LogP contribution in [0, 0.1) is 17.3 Å². The average molecular weight is 240 g/mol. The molecule has 1 fully saturated rings. The van der Waals surface area contributed by atoms with E-state index in [4.69, 9.17) is 5.11 Å². The van der Waals surface area contributed by atoms with E-state index in [1.165, 1.54) is 0 Å². The van der Waals surface area contributed by atoms with Crippen molar-refractivity contribution in [2.24, 2.45) is 17.3 Å².